The highest BCUT2D eigenvalue weighted by Gasteiger charge is 2.23. The Morgan fingerprint density at radius 2 is 1.87 bits per heavy atom. The van der Waals surface area contributed by atoms with E-state index in [0.29, 0.717) is 23.0 Å². The van der Waals surface area contributed by atoms with Crippen LogP contribution in [0.2, 0.25) is 0 Å². The zero-order chi connectivity index (χ0) is 21.5. The van der Waals surface area contributed by atoms with E-state index in [1.807, 2.05) is 13.8 Å². The maximum absolute atomic E-state index is 12.9. The molecule has 0 fully saturated rings. The summed E-state index contributed by atoms with van der Waals surface area (Å²) in [6.07, 6.45) is 1.46. The molecule has 1 aromatic heterocycles. The van der Waals surface area contributed by atoms with Gasteiger partial charge in [0.25, 0.3) is 0 Å². The van der Waals surface area contributed by atoms with Gasteiger partial charge in [-0.3, -0.25) is 14.4 Å². The second-order valence-corrected chi connectivity index (χ2v) is 7.00. The van der Waals surface area contributed by atoms with Crippen molar-refractivity contribution in [2.75, 3.05) is 23.6 Å². The molecule has 9 nitrogen and oxygen atoms in total. The minimum absolute atomic E-state index is 0.0394. The lowest BCUT2D eigenvalue weighted by atomic mass is 10.2. The van der Waals surface area contributed by atoms with Crippen molar-refractivity contribution in [3.8, 4) is 11.5 Å². The fraction of sp³-hybridized carbons (Fsp3) is 0.333. The van der Waals surface area contributed by atoms with Gasteiger partial charge in [0.2, 0.25) is 24.5 Å². The number of ether oxygens (including phenoxy) is 2. The molecule has 158 valence electrons. The van der Waals surface area contributed by atoms with E-state index in [1.54, 1.807) is 42.6 Å². The zero-order valence-electron chi connectivity index (χ0n) is 16.9. The number of rotatable bonds is 8. The number of anilines is 2. The number of hydrogen-bond donors (Lipinski definition) is 2. The van der Waals surface area contributed by atoms with Crippen molar-refractivity contribution >= 4 is 29.2 Å². The highest BCUT2D eigenvalue weighted by Crippen LogP contribution is 2.35. The van der Waals surface area contributed by atoms with Crippen molar-refractivity contribution in [3.05, 3.63) is 42.6 Å². The van der Waals surface area contributed by atoms with Crippen LogP contribution >= 0.6 is 0 Å². The summed E-state index contributed by atoms with van der Waals surface area (Å²) in [5, 5.41) is 5.41. The van der Waals surface area contributed by atoms with Gasteiger partial charge in [-0.15, -0.1) is 0 Å². The summed E-state index contributed by atoms with van der Waals surface area (Å²) in [5.41, 5.74) is 0.494. The first-order chi connectivity index (χ1) is 14.4. The van der Waals surface area contributed by atoms with E-state index in [2.05, 4.69) is 15.6 Å². The lowest BCUT2D eigenvalue weighted by molar-refractivity contribution is -0.125. The molecule has 0 radical (unpaired) electrons. The number of carbonyl (C=O) groups excluding carboxylic acids is 3. The van der Waals surface area contributed by atoms with Crippen LogP contribution in [0, 0.1) is 0 Å². The summed E-state index contributed by atoms with van der Waals surface area (Å²) in [6, 6.07) is 10.1. The van der Waals surface area contributed by atoms with E-state index < -0.39 is 0 Å². The quantitative estimate of drug-likeness (QED) is 0.687. The number of hydrogen-bond acceptors (Lipinski definition) is 6. The topological polar surface area (TPSA) is 110 Å². The molecule has 9 heteroatoms. The number of nitrogens with zero attached hydrogens (tertiary/aromatic N) is 2. The molecular formula is C21H24N4O5. The fourth-order valence-corrected chi connectivity index (χ4v) is 2.89. The van der Waals surface area contributed by atoms with Crippen LogP contribution in [-0.4, -0.2) is 42.1 Å². The first kappa shape index (κ1) is 21.1. The third-order valence-corrected chi connectivity index (χ3v) is 4.22. The van der Waals surface area contributed by atoms with Crippen molar-refractivity contribution in [1.82, 2.24) is 10.3 Å². The molecule has 3 rings (SSSR count). The van der Waals surface area contributed by atoms with E-state index in [9.17, 15) is 14.4 Å². The maximum atomic E-state index is 12.9. The summed E-state index contributed by atoms with van der Waals surface area (Å²) in [4.78, 5) is 42.7. The van der Waals surface area contributed by atoms with E-state index in [-0.39, 0.29) is 49.9 Å². The molecule has 1 aliphatic heterocycles. The third kappa shape index (κ3) is 5.69. The summed E-state index contributed by atoms with van der Waals surface area (Å²) in [7, 11) is 0. The van der Waals surface area contributed by atoms with Crippen molar-refractivity contribution in [1.29, 1.82) is 0 Å². The molecule has 2 aromatic rings. The van der Waals surface area contributed by atoms with E-state index >= 15 is 0 Å². The van der Waals surface area contributed by atoms with Crippen LogP contribution in [0.5, 0.6) is 11.5 Å². The SMILES string of the molecule is CC(C)NC(=O)CN(C(=O)CCC(=O)Nc1ccccn1)c1ccc2c(c1)OCO2. The minimum Gasteiger partial charge on any atom is -0.454 e. The molecule has 0 aliphatic carbocycles. The molecule has 0 atom stereocenters. The monoisotopic (exact) mass is 412 g/mol. The van der Waals surface area contributed by atoms with Gasteiger partial charge in [-0.2, -0.15) is 0 Å². The molecular weight excluding hydrogens is 388 g/mol. The number of fused-ring (bicyclic) bond motifs is 1. The Hall–Kier alpha value is -3.62. The molecule has 1 aliphatic rings. The summed E-state index contributed by atoms with van der Waals surface area (Å²) >= 11 is 0. The Bertz CT molecular complexity index is 917. The summed E-state index contributed by atoms with van der Waals surface area (Å²) in [6.45, 7) is 3.62. The number of aromatic nitrogens is 1. The zero-order valence-corrected chi connectivity index (χ0v) is 16.9. The first-order valence-corrected chi connectivity index (χ1v) is 9.62. The van der Waals surface area contributed by atoms with Crippen LogP contribution in [0.25, 0.3) is 0 Å². The van der Waals surface area contributed by atoms with Crippen molar-refractivity contribution in [2.24, 2.45) is 0 Å². The van der Waals surface area contributed by atoms with Gasteiger partial charge in [0.15, 0.2) is 11.5 Å². The lowest BCUT2D eigenvalue weighted by Crippen LogP contribution is -2.43. The highest BCUT2D eigenvalue weighted by molar-refractivity contribution is 6.01. The minimum atomic E-state index is -0.357. The number of pyridine rings is 1. The van der Waals surface area contributed by atoms with Gasteiger partial charge in [0.05, 0.1) is 0 Å². The van der Waals surface area contributed by atoms with Gasteiger partial charge in [0, 0.05) is 36.8 Å². The van der Waals surface area contributed by atoms with E-state index in [4.69, 9.17) is 9.47 Å². The molecule has 0 bridgehead atoms. The molecule has 30 heavy (non-hydrogen) atoms. The first-order valence-electron chi connectivity index (χ1n) is 9.62. The molecule has 2 N–H and O–H groups in total. The predicted molar refractivity (Wildman–Crippen MR) is 110 cm³/mol. The Morgan fingerprint density at radius 3 is 2.60 bits per heavy atom. The van der Waals surface area contributed by atoms with Crippen molar-refractivity contribution in [2.45, 2.75) is 32.7 Å². The largest absolute Gasteiger partial charge is 0.454 e. The van der Waals surface area contributed by atoms with Crippen LogP contribution < -0.4 is 25.0 Å². The second-order valence-electron chi connectivity index (χ2n) is 7.00. The Labute approximate surface area is 174 Å². The number of benzene rings is 1. The molecule has 3 amide bonds. The molecule has 2 heterocycles. The van der Waals surface area contributed by atoms with Crippen LogP contribution in [0.3, 0.4) is 0 Å². The standard InChI is InChI=1S/C21H24N4O5/c1-14(2)23-20(27)12-25(15-6-7-16-17(11-15)30-13-29-16)21(28)9-8-19(26)24-18-5-3-4-10-22-18/h3-7,10-11,14H,8-9,12-13H2,1-2H3,(H,23,27)(H,22,24,26). The van der Waals surface area contributed by atoms with Gasteiger partial charge in [0.1, 0.15) is 12.4 Å². The number of amides is 3. The Kier molecular flexibility index (Phi) is 6.84. The second kappa shape index (κ2) is 9.73. The van der Waals surface area contributed by atoms with Gasteiger partial charge >= 0.3 is 0 Å². The van der Waals surface area contributed by atoms with Crippen molar-refractivity contribution < 1.29 is 23.9 Å². The summed E-state index contributed by atoms with van der Waals surface area (Å²) in [5.74, 6) is 0.506. The molecule has 0 unspecified atom stereocenters. The van der Waals surface area contributed by atoms with Gasteiger partial charge < -0.3 is 25.0 Å². The fourth-order valence-electron chi connectivity index (χ4n) is 2.89. The van der Waals surface area contributed by atoms with Gasteiger partial charge in [-0.1, -0.05) is 6.07 Å². The summed E-state index contributed by atoms with van der Waals surface area (Å²) < 4.78 is 10.7. The van der Waals surface area contributed by atoms with Gasteiger partial charge in [-0.05, 0) is 38.1 Å². The van der Waals surface area contributed by atoms with Crippen LogP contribution in [0.4, 0.5) is 11.5 Å². The van der Waals surface area contributed by atoms with Crippen LogP contribution in [-0.2, 0) is 14.4 Å². The van der Waals surface area contributed by atoms with E-state index in [1.165, 1.54) is 4.90 Å². The lowest BCUT2D eigenvalue weighted by Gasteiger charge is -2.23. The average molecular weight is 412 g/mol. The van der Waals surface area contributed by atoms with Crippen LogP contribution in [0.1, 0.15) is 26.7 Å². The molecule has 0 spiro atoms. The van der Waals surface area contributed by atoms with Crippen LogP contribution in [0.15, 0.2) is 42.6 Å². The molecule has 0 saturated carbocycles. The average Bonchev–Trinajstić information content (AvgIpc) is 3.18. The third-order valence-electron chi connectivity index (χ3n) is 4.22. The Morgan fingerprint density at radius 1 is 1.07 bits per heavy atom. The molecule has 1 aromatic carbocycles. The number of nitrogens with one attached hydrogen (secondary N) is 2. The van der Waals surface area contributed by atoms with Gasteiger partial charge in [-0.25, -0.2) is 4.98 Å². The highest BCUT2D eigenvalue weighted by atomic mass is 16.7. The number of carbonyl (C=O) groups is 3. The van der Waals surface area contributed by atoms with Crippen molar-refractivity contribution in [3.63, 3.8) is 0 Å². The predicted octanol–water partition coefficient (Wildman–Crippen LogP) is 2.09. The Balaban J connectivity index is 1.68. The normalized spacial score (nSPS) is 11.8. The smallest absolute Gasteiger partial charge is 0.240 e. The molecule has 0 saturated heterocycles. The maximum Gasteiger partial charge on any atom is 0.240 e. The van der Waals surface area contributed by atoms with E-state index in [0.717, 1.165) is 0 Å².